The summed E-state index contributed by atoms with van der Waals surface area (Å²) in [5, 5.41) is 4.14. The van der Waals surface area contributed by atoms with Crippen molar-refractivity contribution in [1.29, 1.82) is 0 Å². The van der Waals surface area contributed by atoms with Gasteiger partial charge < -0.3 is 9.64 Å². The predicted octanol–water partition coefficient (Wildman–Crippen LogP) is 1.36. The van der Waals surface area contributed by atoms with Gasteiger partial charge in [0.1, 0.15) is 5.82 Å². The van der Waals surface area contributed by atoms with E-state index in [4.69, 9.17) is 4.74 Å². The summed E-state index contributed by atoms with van der Waals surface area (Å²) in [7, 11) is 0. The monoisotopic (exact) mass is 424 g/mol. The van der Waals surface area contributed by atoms with Crippen molar-refractivity contribution in [3.05, 3.63) is 92.0 Å². The highest BCUT2D eigenvalue weighted by atomic mass is 19.1. The number of ether oxygens (including phenoxy) is 1. The first kappa shape index (κ1) is 20.7. The molecule has 0 N–H and O–H groups in total. The van der Waals surface area contributed by atoms with Crippen LogP contribution in [0.5, 0.6) is 0 Å². The lowest BCUT2D eigenvalue weighted by atomic mass is 10.2. The second kappa shape index (κ2) is 8.65. The molecule has 0 radical (unpaired) electrons. The smallest absolute Gasteiger partial charge is 0.352 e. The topological polar surface area (TPSA) is 86.4 Å². The maximum absolute atomic E-state index is 13.3. The average molecular weight is 424 g/mol. The third-order valence-corrected chi connectivity index (χ3v) is 5.09. The fourth-order valence-corrected chi connectivity index (χ4v) is 3.33. The van der Waals surface area contributed by atoms with Crippen molar-refractivity contribution in [3.8, 4) is 5.69 Å². The molecule has 1 aliphatic rings. The average Bonchev–Trinajstić information content (AvgIpc) is 2.79. The van der Waals surface area contributed by atoms with Gasteiger partial charge in [0.2, 0.25) is 5.69 Å². The van der Waals surface area contributed by atoms with Gasteiger partial charge in [-0.15, -0.1) is 0 Å². The molecule has 1 aromatic heterocycles. The molecule has 0 saturated carbocycles. The number of aryl methyl sites for hydroxylation is 1. The van der Waals surface area contributed by atoms with Gasteiger partial charge in [-0.2, -0.15) is 9.78 Å². The van der Waals surface area contributed by atoms with Crippen LogP contribution in [-0.4, -0.2) is 51.5 Å². The largest absolute Gasteiger partial charge is 0.378 e. The highest BCUT2D eigenvalue weighted by Gasteiger charge is 2.26. The van der Waals surface area contributed by atoms with Gasteiger partial charge in [0.05, 0.1) is 25.4 Å². The van der Waals surface area contributed by atoms with E-state index < -0.39 is 23.0 Å². The van der Waals surface area contributed by atoms with E-state index in [2.05, 4.69) is 5.10 Å². The maximum Gasteiger partial charge on any atom is 0.352 e. The van der Waals surface area contributed by atoms with Crippen LogP contribution >= 0.6 is 0 Å². The maximum atomic E-state index is 13.3. The summed E-state index contributed by atoms with van der Waals surface area (Å²) in [6, 6.07) is 12.5. The standard InChI is InChI=1S/C22H21FN4O4/c1-15-2-8-18(9-3-15)27-22(30)26(14-16-4-6-17(23)7-5-16)21(29)19(24-27)20(28)25-10-12-31-13-11-25/h2-9H,10-14H2,1H3. The van der Waals surface area contributed by atoms with E-state index in [1.807, 2.05) is 19.1 Å². The van der Waals surface area contributed by atoms with Crippen LogP contribution in [0.4, 0.5) is 4.39 Å². The number of hydrogen-bond donors (Lipinski definition) is 0. The number of aromatic nitrogens is 3. The molecule has 3 aromatic rings. The fourth-order valence-electron chi connectivity index (χ4n) is 3.33. The molecule has 9 heteroatoms. The minimum atomic E-state index is -0.783. The summed E-state index contributed by atoms with van der Waals surface area (Å²) in [5.41, 5.74) is 0.155. The second-order valence-electron chi connectivity index (χ2n) is 7.30. The summed E-state index contributed by atoms with van der Waals surface area (Å²) < 4.78 is 20.5. The van der Waals surface area contributed by atoms with Crippen molar-refractivity contribution in [1.82, 2.24) is 19.2 Å². The third-order valence-electron chi connectivity index (χ3n) is 5.09. The molecule has 0 aliphatic carbocycles. The number of nitrogens with zero attached hydrogens (tertiary/aromatic N) is 4. The predicted molar refractivity (Wildman–Crippen MR) is 111 cm³/mol. The quantitative estimate of drug-likeness (QED) is 0.631. The molecule has 0 atom stereocenters. The summed E-state index contributed by atoms with van der Waals surface area (Å²) >= 11 is 0. The van der Waals surface area contributed by atoms with Crippen LogP contribution in [-0.2, 0) is 11.3 Å². The van der Waals surface area contributed by atoms with Gasteiger partial charge in [-0.05, 0) is 36.8 Å². The Morgan fingerprint density at radius 2 is 1.68 bits per heavy atom. The Morgan fingerprint density at radius 1 is 1.03 bits per heavy atom. The number of carbonyl (C=O) groups is 1. The number of amides is 1. The number of benzene rings is 2. The first-order valence-corrected chi connectivity index (χ1v) is 9.87. The summed E-state index contributed by atoms with van der Waals surface area (Å²) in [6.07, 6.45) is 0. The van der Waals surface area contributed by atoms with Crippen molar-refractivity contribution in [2.75, 3.05) is 26.3 Å². The number of hydrogen-bond acceptors (Lipinski definition) is 5. The van der Waals surface area contributed by atoms with Crippen molar-refractivity contribution >= 4 is 5.91 Å². The van der Waals surface area contributed by atoms with Crippen molar-refractivity contribution in [2.24, 2.45) is 0 Å². The van der Waals surface area contributed by atoms with E-state index >= 15 is 0 Å². The molecule has 0 spiro atoms. The van der Waals surface area contributed by atoms with Crippen LogP contribution in [0.1, 0.15) is 21.6 Å². The van der Waals surface area contributed by atoms with Gasteiger partial charge in [-0.25, -0.2) is 9.18 Å². The molecule has 1 fully saturated rings. The van der Waals surface area contributed by atoms with E-state index in [0.29, 0.717) is 37.6 Å². The van der Waals surface area contributed by atoms with E-state index in [0.717, 1.165) is 14.8 Å². The van der Waals surface area contributed by atoms with Gasteiger partial charge in [0, 0.05) is 13.1 Å². The molecular formula is C22H21FN4O4. The first-order chi connectivity index (χ1) is 14.9. The number of morpholine rings is 1. The lowest BCUT2D eigenvalue weighted by Crippen LogP contribution is -2.48. The van der Waals surface area contributed by atoms with Crippen molar-refractivity contribution in [2.45, 2.75) is 13.5 Å². The van der Waals surface area contributed by atoms with E-state index in [-0.39, 0.29) is 12.2 Å². The van der Waals surface area contributed by atoms with Crippen molar-refractivity contribution in [3.63, 3.8) is 0 Å². The molecule has 2 heterocycles. The molecule has 4 rings (SSSR count). The molecule has 1 saturated heterocycles. The SMILES string of the molecule is Cc1ccc(-n2nc(C(=O)N3CCOCC3)c(=O)n(Cc3ccc(F)cc3)c2=O)cc1. The van der Waals surface area contributed by atoms with Gasteiger partial charge in [-0.3, -0.25) is 14.2 Å². The van der Waals surface area contributed by atoms with Crippen LogP contribution in [0.2, 0.25) is 0 Å². The Kier molecular flexibility index (Phi) is 5.77. The lowest BCUT2D eigenvalue weighted by molar-refractivity contribution is 0.0295. The Labute approximate surface area is 177 Å². The van der Waals surface area contributed by atoms with E-state index in [9.17, 15) is 18.8 Å². The second-order valence-corrected chi connectivity index (χ2v) is 7.30. The molecule has 0 unspecified atom stereocenters. The highest BCUT2D eigenvalue weighted by Crippen LogP contribution is 2.08. The zero-order valence-electron chi connectivity index (χ0n) is 17.0. The summed E-state index contributed by atoms with van der Waals surface area (Å²) in [4.78, 5) is 40.8. The first-order valence-electron chi connectivity index (χ1n) is 9.87. The van der Waals surface area contributed by atoms with E-state index in [1.165, 1.54) is 29.2 Å². The molecule has 31 heavy (non-hydrogen) atoms. The van der Waals surface area contributed by atoms with Crippen LogP contribution in [0.15, 0.2) is 58.1 Å². The summed E-state index contributed by atoms with van der Waals surface area (Å²) in [5.74, 6) is -0.979. The molecular weight excluding hydrogens is 403 g/mol. The normalized spacial score (nSPS) is 13.9. The molecule has 1 aliphatic heterocycles. The molecule has 2 aromatic carbocycles. The molecule has 0 bridgehead atoms. The lowest BCUT2D eigenvalue weighted by Gasteiger charge is -2.26. The highest BCUT2D eigenvalue weighted by molar-refractivity contribution is 5.91. The van der Waals surface area contributed by atoms with Crippen molar-refractivity contribution < 1.29 is 13.9 Å². The Balaban J connectivity index is 1.85. The Hall–Kier alpha value is -3.59. The molecule has 160 valence electrons. The van der Waals surface area contributed by atoms with Gasteiger partial charge >= 0.3 is 5.69 Å². The van der Waals surface area contributed by atoms with Crippen LogP contribution < -0.4 is 11.2 Å². The van der Waals surface area contributed by atoms with Gasteiger partial charge in [0.15, 0.2) is 0 Å². The van der Waals surface area contributed by atoms with E-state index in [1.54, 1.807) is 12.1 Å². The number of rotatable bonds is 4. The zero-order valence-corrected chi connectivity index (χ0v) is 17.0. The molecule has 1 amide bonds. The van der Waals surface area contributed by atoms with Gasteiger partial charge in [0.25, 0.3) is 11.5 Å². The molecule has 8 nitrogen and oxygen atoms in total. The number of carbonyl (C=O) groups excluding carboxylic acids is 1. The van der Waals surface area contributed by atoms with Crippen LogP contribution in [0.3, 0.4) is 0 Å². The van der Waals surface area contributed by atoms with Crippen LogP contribution in [0, 0.1) is 12.7 Å². The Morgan fingerprint density at radius 3 is 2.32 bits per heavy atom. The Bertz CT molecular complexity index is 1210. The zero-order chi connectivity index (χ0) is 22.0. The van der Waals surface area contributed by atoms with Crippen LogP contribution in [0.25, 0.3) is 5.69 Å². The minimum Gasteiger partial charge on any atom is -0.378 e. The fraction of sp³-hybridized carbons (Fsp3) is 0.273. The minimum absolute atomic E-state index is 0.115. The van der Waals surface area contributed by atoms with Gasteiger partial charge in [-0.1, -0.05) is 29.8 Å². The summed E-state index contributed by atoms with van der Waals surface area (Å²) in [6.45, 7) is 3.20. The third kappa shape index (κ3) is 4.31. The number of halogens is 1.